The number of ether oxygens (including phenoxy) is 2. The van der Waals surface area contributed by atoms with Crippen molar-refractivity contribution in [1.29, 1.82) is 0 Å². The molecule has 1 aliphatic rings. The number of amides is 2. The molecule has 0 aromatic heterocycles. The molecule has 144 valence electrons. The minimum Gasteiger partial charge on any atom is -0.497 e. The predicted octanol–water partition coefficient (Wildman–Crippen LogP) is 3.62. The van der Waals surface area contributed by atoms with E-state index in [4.69, 9.17) is 9.47 Å². The van der Waals surface area contributed by atoms with Crippen LogP contribution >= 0.6 is 0 Å². The molecule has 2 amide bonds. The smallest absolute Gasteiger partial charge is 0.321 e. The molecule has 3 rings (SSSR count). The first-order valence-electron chi connectivity index (χ1n) is 9.26. The normalized spacial score (nSPS) is 14.0. The Kier molecular flexibility index (Phi) is 6.06. The summed E-state index contributed by atoms with van der Waals surface area (Å²) in [6, 6.07) is 13.8. The highest BCUT2D eigenvalue weighted by Crippen LogP contribution is 2.32. The van der Waals surface area contributed by atoms with Crippen molar-refractivity contribution in [2.75, 3.05) is 50.6 Å². The Hall–Kier alpha value is -2.89. The molecule has 27 heavy (non-hydrogen) atoms. The number of methoxy groups -OCH3 is 2. The minimum absolute atomic E-state index is 0.0513. The number of hydrogen-bond donors (Lipinski definition) is 1. The molecule has 0 bridgehead atoms. The second kappa shape index (κ2) is 8.66. The van der Waals surface area contributed by atoms with E-state index in [2.05, 4.69) is 23.2 Å². The summed E-state index contributed by atoms with van der Waals surface area (Å²) in [5, 5.41) is 3.01. The Labute approximate surface area is 160 Å². The van der Waals surface area contributed by atoms with Crippen LogP contribution in [0.1, 0.15) is 12.5 Å². The molecule has 6 nitrogen and oxygen atoms in total. The molecule has 0 saturated carbocycles. The minimum atomic E-state index is -0.0513. The van der Waals surface area contributed by atoms with Gasteiger partial charge in [-0.2, -0.15) is 0 Å². The van der Waals surface area contributed by atoms with Crippen LogP contribution in [0.15, 0.2) is 42.5 Å². The van der Waals surface area contributed by atoms with E-state index in [0.717, 1.165) is 42.4 Å². The monoisotopic (exact) mass is 369 g/mol. The van der Waals surface area contributed by atoms with Crippen molar-refractivity contribution in [2.45, 2.75) is 13.3 Å². The van der Waals surface area contributed by atoms with Gasteiger partial charge in [0.25, 0.3) is 0 Å². The van der Waals surface area contributed by atoms with Gasteiger partial charge in [0.15, 0.2) is 0 Å². The number of carbonyl (C=O) groups excluding carboxylic acids is 1. The second-order valence-corrected chi connectivity index (χ2v) is 6.50. The fourth-order valence-electron chi connectivity index (χ4n) is 3.27. The van der Waals surface area contributed by atoms with Gasteiger partial charge >= 0.3 is 6.03 Å². The maximum atomic E-state index is 12.6. The third kappa shape index (κ3) is 4.45. The summed E-state index contributed by atoms with van der Waals surface area (Å²) < 4.78 is 10.8. The molecule has 0 atom stereocenters. The van der Waals surface area contributed by atoms with Crippen LogP contribution in [-0.4, -0.2) is 51.3 Å². The highest BCUT2D eigenvalue weighted by molar-refractivity contribution is 5.89. The zero-order chi connectivity index (χ0) is 19.2. The van der Waals surface area contributed by atoms with E-state index in [1.165, 1.54) is 5.56 Å². The molecular weight excluding hydrogens is 342 g/mol. The molecule has 2 aromatic rings. The van der Waals surface area contributed by atoms with Gasteiger partial charge in [0, 0.05) is 37.9 Å². The average molecular weight is 369 g/mol. The SMILES string of the molecule is CCc1cccc(NC(=O)N2CCN(c3ccc(OC)cc3OC)CC2)c1. The zero-order valence-corrected chi connectivity index (χ0v) is 16.2. The van der Waals surface area contributed by atoms with E-state index in [0.29, 0.717) is 13.1 Å². The molecule has 0 radical (unpaired) electrons. The van der Waals surface area contributed by atoms with Gasteiger partial charge in [-0.05, 0) is 36.2 Å². The summed E-state index contributed by atoms with van der Waals surface area (Å²) in [6.45, 7) is 4.94. The second-order valence-electron chi connectivity index (χ2n) is 6.50. The Morgan fingerprint density at radius 3 is 2.48 bits per heavy atom. The fourth-order valence-corrected chi connectivity index (χ4v) is 3.27. The quantitative estimate of drug-likeness (QED) is 0.875. The van der Waals surface area contributed by atoms with Crippen LogP contribution < -0.4 is 19.7 Å². The summed E-state index contributed by atoms with van der Waals surface area (Å²) in [6.07, 6.45) is 0.950. The molecule has 2 aromatic carbocycles. The van der Waals surface area contributed by atoms with Gasteiger partial charge in [0.1, 0.15) is 11.5 Å². The van der Waals surface area contributed by atoms with Crippen LogP contribution in [0, 0.1) is 0 Å². The lowest BCUT2D eigenvalue weighted by Crippen LogP contribution is -2.50. The Morgan fingerprint density at radius 1 is 1.04 bits per heavy atom. The summed E-state index contributed by atoms with van der Waals surface area (Å²) in [7, 11) is 3.30. The van der Waals surface area contributed by atoms with Crippen molar-refractivity contribution in [2.24, 2.45) is 0 Å². The molecule has 1 fully saturated rings. The predicted molar refractivity (Wildman–Crippen MR) is 108 cm³/mol. The summed E-state index contributed by atoms with van der Waals surface area (Å²) in [5.41, 5.74) is 3.08. The van der Waals surface area contributed by atoms with Crippen molar-refractivity contribution >= 4 is 17.4 Å². The summed E-state index contributed by atoms with van der Waals surface area (Å²) in [4.78, 5) is 16.7. The van der Waals surface area contributed by atoms with Gasteiger partial charge in [-0.3, -0.25) is 0 Å². The lowest BCUT2D eigenvalue weighted by atomic mass is 10.1. The number of nitrogens with one attached hydrogen (secondary N) is 1. The van der Waals surface area contributed by atoms with Crippen LogP contribution in [0.25, 0.3) is 0 Å². The van der Waals surface area contributed by atoms with E-state index in [1.54, 1.807) is 14.2 Å². The number of urea groups is 1. The largest absolute Gasteiger partial charge is 0.497 e. The van der Waals surface area contributed by atoms with Crippen molar-refractivity contribution in [3.05, 3.63) is 48.0 Å². The van der Waals surface area contributed by atoms with Crippen molar-refractivity contribution in [3.63, 3.8) is 0 Å². The third-order valence-corrected chi connectivity index (χ3v) is 4.88. The fraction of sp³-hybridized carbons (Fsp3) is 0.381. The lowest BCUT2D eigenvalue weighted by molar-refractivity contribution is 0.208. The van der Waals surface area contributed by atoms with Crippen molar-refractivity contribution in [1.82, 2.24) is 4.90 Å². The Bertz CT molecular complexity index is 786. The van der Waals surface area contributed by atoms with Crippen LogP contribution in [0.4, 0.5) is 16.2 Å². The van der Waals surface area contributed by atoms with E-state index in [-0.39, 0.29) is 6.03 Å². The summed E-state index contributed by atoms with van der Waals surface area (Å²) >= 11 is 0. The van der Waals surface area contributed by atoms with E-state index in [1.807, 2.05) is 41.3 Å². The van der Waals surface area contributed by atoms with E-state index in [9.17, 15) is 4.79 Å². The number of anilines is 2. The number of carbonyl (C=O) groups is 1. The summed E-state index contributed by atoms with van der Waals surface area (Å²) in [5.74, 6) is 1.55. The highest BCUT2D eigenvalue weighted by Gasteiger charge is 2.23. The maximum absolute atomic E-state index is 12.6. The van der Waals surface area contributed by atoms with Crippen LogP contribution in [0.3, 0.4) is 0 Å². The van der Waals surface area contributed by atoms with Crippen molar-refractivity contribution in [3.8, 4) is 11.5 Å². The highest BCUT2D eigenvalue weighted by atomic mass is 16.5. The van der Waals surface area contributed by atoms with Gasteiger partial charge in [0.2, 0.25) is 0 Å². The number of benzene rings is 2. The lowest BCUT2D eigenvalue weighted by Gasteiger charge is -2.36. The number of rotatable bonds is 5. The van der Waals surface area contributed by atoms with Gasteiger partial charge in [-0.25, -0.2) is 4.79 Å². The van der Waals surface area contributed by atoms with Crippen LogP contribution in [-0.2, 0) is 6.42 Å². The number of hydrogen-bond acceptors (Lipinski definition) is 4. The molecule has 1 heterocycles. The van der Waals surface area contributed by atoms with Gasteiger partial charge < -0.3 is 24.6 Å². The number of aryl methyl sites for hydroxylation is 1. The van der Waals surface area contributed by atoms with E-state index < -0.39 is 0 Å². The van der Waals surface area contributed by atoms with Gasteiger partial charge in [0.05, 0.1) is 19.9 Å². The molecule has 0 aliphatic carbocycles. The van der Waals surface area contributed by atoms with Gasteiger partial charge in [-0.15, -0.1) is 0 Å². The molecule has 0 unspecified atom stereocenters. The van der Waals surface area contributed by atoms with Crippen LogP contribution in [0.2, 0.25) is 0 Å². The number of nitrogens with zero attached hydrogens (tertiary/aromatic N) is 2. The maximum Gasteiger partial charge on any atom is 0.321 e. The third-order valence-electron chi connectivity index (χ3n) is 4.88. The first kappa shape index (κ1) is 18.9. The molecule has 1 aliphatic heterocycles. The number of piperazine rings is 1. The molecule has 1 N–H and O–H groups in total. The first-order valence-corrected chi connectivity index (χ1v) is 9.26. The Morgan fingerprint density at radius 2 is 1.81 bits per heavy atom. The first-order chi connectivity index (χ1) is 13.1. The molecular formula is C21H27N3O3. The Balaban J connectivity index is 1.60. The molecule has 1 saturated heterocycles. The topological polar surface area (TPSA) is 54.0 Å². The zero-order valence-electron chi connectivity index (χ0n) is 16.2. The molecule has 0 spiro atoms. The van der Waals surface area contributed by atoms with Crippen LogP contribution in [0.5, 0.6) is 11.5 Å². The standard InChI is InChI=1S/C21H27N3O3/c1-4-16-6-5-7-17(14-16)22-21(25)24-12-10-23(11-13-24)19-9-8-18(26-2)15-20(19)27-3/h5-9,14-15H,4,10-13H2,1-3H3,(H,22,25). The van der Waals surface area contributed by atoms with E-state index >= 15 is 0 Å². The molecule has 6 heteroatoms. The van der Waals surface area contributed by atoms with Crippen molar-refractivity contribution < 1.29 is 14.3 Å². The van der Waals surface area contributed by atoms with Gasteiger partial charge in [-0.1, -0.05) is 19.1 Å². The average Bonchev–Trinajstić information content (AvgIpc) is 2.73.